The van der Waals surface area contributed by atoms with Gasteiger partial charge in [-0.3, -0.25) is 9.69 Å². The van der Waals surface area contributed by atoms with Crippen LogP contribution in [0.15, 0.2) is 12.2 Å². The first kappa shape index (κ1) is 13.5. The van der Waals surface area contributed by atoms with E-state index in [0.717, 1.165) is 19.5 Å². The van der Waals surface area contributed by atoms with Gasteiger partial charge in [0.2, 0.25) is 5.91 Å². The SMILES string of the molecule is C[C@@H](C(=O)N[C@H]1CCS(=O)(=O)C1)N1CC=CCC1. The van der Waals surface area contributed by atoms with Crippen LogP contribution in [0.2, 0.25) is 0 Å². The van der Waals surface area contributed by atoms with Gasteiger partial charge in [-0.05, 0) is 19.8 Å². The van der Waals surface area contributed by atoms with Gasteiger partial charge >= 0.3 is 0 Å². The number of rotatable bonds is 3. The monoisotopic (exact) mass is 272 g/mol. The van der Waals surface area contributed by atoms with Gasteiger partial charge in [-0.15, -0.1) is 0 Å². The number of nitrogens with one attached hydrogen (secondary N) is 1. The average Bonchev–Trinajstić information content (AvgIpc) is 2.68. The number of nitrogens with zero attached hydrogens (tertiary/aromatic N) is 1. The molecule has 1 saturated heterocycles. The lowest BCUT2D eigenvalue weighted by Gasteiger charge is -2.29. The van der Waals surface area contributed by atoms with E-state index in [4.69, 9.17) is 0 Å². The quantitative estimate of drug-likeness (QED) is 0.731. The van der Waals surface area contributed by atoms with Gasteiger partial charge in [-0.25, -0.2) is 8.42 Å². The van der Waals surface area contributed by atoms with Gasteiger partial charge in [-0.1, -0.05) is 12.2 Å². The fourth-order valence-electron chi connectivity index (χ4n) is 2.41. The predicted octanol–water partition coefficient (Wildman–Crippen LogP) is -0.0599. The van der Waals surface area contributed by atoms with Crippen molar-refractivity contribution >= 4 is 15.7 Å². The van der Waals surface area contributed by atoms with Crippen LogP contribution in [0.25, 0.3) is 0 Å². The Kier molecular flexibility index (Phi) is 4.07. The molecule has 0 radical (unpaired) electrons. The Hall–Kier alpha value is -0.880. The number of carbonyl (C=O) groups excluding carboxylic acids is 1. The van der Waals surface area contributed by atoms with E-state index < -0.39 is 9.84 Å². The second-order valence-corrected chi connectivity index (χ2v) is 7.27. The lowest BCUT2D eigenvalue weighted by atomic mass is 10.1. The smallest absolute Gasteiger partial charge is 0.237 e. The highest BCUT2D eigenvalue weighted by atomic mass is 32.2. The highest BCUT2D eigenvalue weighted by Gasteiger charge is 2.31. The fraction of sp³-hybridized carbons (Fsp3) is 0.750. The predicted molar refractivity (Wildman–Crippen MR) is 70.0 cm³/mol. The Morgan fingerprint density at radius 1 is 1.44 bits per heavy atom. The largest absolute Gasteiger partial charge is 0.351 e. The first-order valence-electron chi connectivity index (χ1n) is 6.38. The Bertz CT molecular complexity index is 444. The van der Waals surface area contributed by atoms with Gasteiger partial charge in [0.15, 0.2) is 9.84 Å². The molecule has 2 aliphatic heterocycles. The number of carbonyl (C=O) groups is 1. The van der Waals surface area contributed by atoms with E-state index in [9.17, 15) is 13.2 Å². The number of hydrogen-bond donors (Lipinski definition) is 1. The van der Waals surface area contributed by atoms with E-state index in [1.807, 2.05) is 6.92 Å². The minimum absolute atomic E-state index is 0.0626. The summed E-state index contributed by atoms with van der Waals surface area (Å²) >= 11 is 0. The van der Waals surface area contributed by atoms with E-state index in [-0.39, 0.29) is 29.5 Å². The zero-order valence-electron chi connectivity index (χ0n) is 10.6. The lowest BCUT2D eigenvalue weighted by Crippen LogP contribution is -2.49. The molecule has 2 aliphatic rings. The first-order valence-corrected chi connectivity index (χ1v) is 8.20. The molecule has 2 heterocycles. The Labute approximate surface area is 108 Å². The van der Waals surface area contributed by atoms with Crippen LogP contribution in [-0.2, 0) is 14.6 Å². The molecule has 0 aromatic heterocycles. The van der Waals surface area contributed by atoms with Crippen molar-refractivity contribution in [3.63, 3.8) is 0 Å². The molecule has 0 bridgehead atoms. The summed E-state index contributed by atoms with van der Waals surface area (Å²) < 4.78 is 22.6. The number of hydrogen-bond acceptors (Lipinski definition) is 4. The molecule has 1 fully saturated rings. The molecule has 0 unspecified atom stereocenters. The molecule has 0 spiro atoms. The summed E-state index contributed by atoms with van der Waals surface area (Å²) in [4.78, 5) is 14.1. The van der Waals surface area contributed by atoms with Crippen LogP contribution >= 0.6 is 0 Å². The van der Waals surface area contributed by atoms with Gasteiger partial charge in [0, 0.05) is 19.1 Å². The van der Waals surface area contributed by atoms with Crippen molar-refractivity contribution in [2.75, 3.05) is 24.6 Å². The van der Waals surface area contributed by atoms with Crippen molar-refractivity contribution in [1.29, 1.82) is 0 Å². The van der Waals surface area contributed by atoms with E-state index >= 15 is 0 Å². The average molecular weight is 272 g/mol. The molecule has 0 aromatic rings. The second-order valence-electron chi connectivity index (χ2n) is 5.04. The van der Waals surface area contributed by atoms with Gasteiger partial charge in [-0.2, -0.15) is 0 Å². The molecular formula is C12H20N2O3S. The maximum Gasteiger partial charge on any atom is 0.237 e. The third-order valence-corrected chi connectivity index (χ3v) is 5.36. The van der Waals surface area contributed by atoms with Gasteiger partial charge in [0.25, 0.3) is 0 Å². The van der Waals surface area contributed by atoms with Gasteiger partial charge in [0.05, 0.1) is 17.5 Å². The molecule has 6 heteroatoms. The topological polar surface area (TPSA) is 66.5 Å². The van der Waals surface area contributed by atoms with E-state index in [2.05, 4.69) is 22.4 Å². The summed E-state index contributed by atoms with van der Waals surface area (Å²) in [5.74, 6) is 0.219. The standard InChI is InChI=1S/C12H20N2O3S/c1-10(14-6-3-2-4-7-14)12(15)13-11-5-8-18(16,17)9-11/h2-3,10-11H,4-9H2,1H3,(H,13,15)/t10-,11-/m0/s1. The molecule has 2 atom stereocenters. The maximum absolute atomic E-state index is 12.0. The molecular weight excluding hydrogens is 252 g/mol. The summed E-state index contributed by atoms with van der Waals surface area (Å²) in [6.45, 7) is 3.55. The van der Waals surface area contributed by atoms with Crippen LogP contribution in [-0.4, -0.2) is 55.9 Å². The van der Waals surface area contributed by atoms with Crippen LogP contribution in [0.1, 0.15) is 19.8 Å². The zero-order valence-corrected chi connectivity index (χ0v) is 11.4. The highest BCUT2D eigenvalue weighted by Crippen LogP contribution is 2.12. The minimum atomic E-state index is -2.93. The van der Waals surface area contributed by atoms with Crippen LogP contribution in [0.3, 0.4) is 0 Å². The van der Waals surface area contributed by atoms with E-state index in [1.165, 1.54) is 0 Å². The van der Waals surface area contributed by atoms with Crippen molar-refractivity contribution in [3.05, 3.63) is 12.2 Å². The summed E-state index contributed by atoms with van der Waals surface area (Å²) in [5, 5.41) is 2.85. The van der Waals surface area contributed by atoms with Crippen molar-refractivity contribution in [2.24, 2.45) is 0 Å². The lowest BCUT2D eigenvalue weighted by molar-refractivity contribution is -0.126. The van der Waals surface area contributed by atoms with Crippen LogP contribution in [0.4, 0.5) is 0 Å². The third kappa shape index (κ3) is 3.32. The maximum atomic E-state index is 12.0. The summed E-state index contributed by atoms with van der Waals surface area (Å²) in [7, 11) is -2.93. The second kappa shape index (κ2) is 5.40. The highest BCUT2D eigenvalue weighted by molar-refractivity contribution is 7.91. The third-order valence-electron chi connectivity index (χ3n) is 3.60. The summed E-state index contributed by atoms with van der Waals surface area (Å²) in [6, 6.07) is -0.400. The van der Waals surface area contributed by atoms with Crippen molar-refractivity contribution in [1.82, 2.24) is 10.2 Å². The van der Waals surface area contributed by atoms with Crippen molar-refractivity contribution in [2.45, 2.75) is 31.8 Å². The zero-order chi connectivity index (χ0) is 13.2. The van der Waals surface area contributed by atoms with Crippen LogP contribution in [0.5, 0.6) is 0 Å². The number of sulfone groups is 1. The molecule has 1 N–H and O–H groups in total. The molecule has 1 amide bonds. The van der Waals surface area contributed by atoms with Crippen molar-refractivity contribution < 1.29 is 13.2 Å². The summed E-state index contributed by atoms with van der Waals surface area (Å²) in [6.07, 6.45) is 5.69. The fourth-order valence-corrected chi connectivity index (χ4v) is 4.08. The summed E-state index contributed by atoms with van der Waals surface area (Å²) in [5.41, 5.74) is 0. The van der Waals surface area contributed by atoms with E-state index in [1.54, 1.807) is 0 Å². The molecule has 0 aromatic carbocycles. The molecule has 2 rings (SSSR count). The van der Waals surface area contributed by atoms with E-state index in [0.29, 0.717) is 6.42 Å². The molecule has 5 nitrogen and oxygen atoms in total. The van der Waals surface area contributed by atoms with Crippen LogP contribution < -0.4 is 5.32 Å². The van der Waals surface area contributed by atoms with Gasteiger partial charge in [0.1, 0.15) is 0 Å². The molecule has 0 aliphatic carbocycles. The van der Waals surface area contributed by atoms with Crippen molar-refractivity contribution in [3.8, 4) is 0 Å². The number of amides is 1. The molecule has 102 valence electrons. The first-order chi connectivity index (χ1) is 8.48. The Morgan fingerprint density at radius 3 is 2.78 bits per heavy atom. The molecule has 0 saturated carbocycles. The Morgan fingerprint density at radius 2 is 2.22 bits per heavy atom. The molecule has 18 heavy (non-hydrogen) atoms. The Balaban J connectivity index is 1.86. The van der Waals surface area contributed by atoms with Crippen LogP contribution in [0, 0.1) is 0 Å². The van der Waals surface area contributed by atoms with Gasteiger partial charge < -0.3 is 5.32 Å². The minimum Gasteiger partial charge on any atom is -0.351 e. The normalized spacial score (nSPS) is 29.1.